The molecule has 0 bridgehead atoms. The van der Waals surface area contributed by atoms with Crippen molar-refractivity contribution in [3.05, 3.63) is 65.6 Å². The SMILES string of the molecule is COC(=O)c1cc2nc([C@H](C)C3CCC(c4ccnc5ccc(F)cc45)CC3)[nH]c2cn1. The number of nitrogens with one attached hydrogen (secondary N) is 1. The van der Waals surface area contributed by atoms with E-state index >= 15 is 0 Å². The number of aromatic amines is 1. The summed E-state index contributed by atoms with van der Waals surface area (Å²) >= 11 is 0. The summed E-state index contributed by atoms with van der Waals surface area (Å²) in [5.74, 6) is 1.41. The van der Waals surface area contributed by atoms with Crippen LogP contribution in [0, 0.1) is 11.7 Å². The highest BCUT2D eigenvalue weighted by Gasteiger charge is 2.29. The largest absolute Gasteiger partial charge is 0.464 e. The molecule has 3 heterocycles. The number of aromatic nitrogens is 4. The van der Waals surface area contributed by atoms with Crippen molar-refractivity contribution in [3.8, 4) is 0 Å². The summed E-state index contributed by atoms with van der Waals surface area (Å²) in [5, 5.41) is 0.926. The first-order chi connectivity index (χ1) is 15.5. The van der Waals surface area contributed by atoms with E-state index in [-0.39, 0.29) is 17.4 Å². The molecule has 1 N–H and O–H groups in total. The minimum absolute atomic E-state index is 0.219. The van der Waals surface area contributed by atoms with Crippen LogP contribution in [0.5, 0.6) is 0 Å². The number of esters is 1. The molecule has 1 aromatic carbocycles. The van der Waals surface area contributed by atoms with E-state index < -0.39 is 5.97 Å². The number of carbonyl (C=O) groups excluding carboxylic acids is 1. The second kappa shape index (κ2) is 8.30. The number of H-pyrrole nitrogens is 1. The normalized spacial score (nSPS) is 19.8. The van der Waals surface area contributed by atoms with Gasteiger partial charge in [-0.05, 0) is 73.4 Å². The molecule has 0 radical (unpaired) electrons. The first-order valence-electron chi connectivity index (χ1n) is 11.0. The predicted octanol–water partition coefficient (Wildman–Crippen LogP) is 5.51. The number of carbonyl (C=O) groups is 1. The summed E-state index contributed by atoms with van der Waals surface area (Å²) in [6.07, 6.45) is 7.73. The Balaban J connectivity index is 1.32. The molecule has 0 unspecified atom stereocenters. The van der Waals surface area contributed by atoms with Gasteiger partial charge in [-0.25, -0.2) is 19.2 Å². The molecular formula is C25H25FN4O2. The Morgan fingerprint density at radius 2 is 1.94 bits per heavy atom. The topological polar surface area (TPSA) is 80.8 Å². The van der Waals surface area contributed by atoms with Gasteiger partial charge in [0.2, 0.25) is 0 Å². The molecule has 0 saturated heterocycles. The van der Waals surface area contributed by atoms with Crippen LogP contribution in [0.2, 0.25) is 0 Å². The van der Waals surface area contributed by atoms with Gasteiger partial charge in [0, 0.05) is 17.5 Å². The van der Waals surface area contributed by atoms with E-state index in [9.17, 15) is 9.18 Å². The maximum Gasteiger partial charge on any atom is 0.356 e. The summed E-state index contributed by atoms with van der Waals surface area (Å²) in [6, 6.07) is 8.54. The van der Waals surface area contributed by atoms with Crippen molar-refractivity contribution in [2.45, 2.75) is 44.4 Å². The van der Waals surface area contributed by atoms with Crippen LogP contribution in [-0.4, -0.2) is 33.0 Å². The fourth-order valence-electron chi connectivity index (χ4n) is 5.01. The minimum Gasteiger partial charge on any atom is -0.464 e. The maximum absolute atomic E-state index is 13.8. The van der Waals surface area contributed by atoms with Crippen LogP contribution in [0.15, 0.2) is 42.7 Å². The summed E-state index contributed by atoms with van der Waals surface area (Å²) in [7, 11) is 1.34. The number of benzene rings is 1. The van der Waals surface area contributed by atoms with Crippen LogP contribution in [0.1, 0.15) is 66.3 Å². The number of ether oxygens (including phenoxy) is 1. The van der Waals surface area contributed by atoms with Gasteiger partial charge in [0.1, 0.15) is 11.6 Å². The molecule has 32 heavy (non-hydrogen) atoms. The molecule has 0 amide bonds. The van der Waals surface area contributed by atoms with Crippen molar-refractivity contribution in [3.63, 3.8) is 0 Å². The standard InChI is InChI=1S/C25H25FN4O2/c1-14(24-29-21-12-22(25(31)32-2)28-13-23(21)30-24)15-3-5-16(6-4-15)18-9-10-27-20-8-7-17(26)11-19(18)20/h7-16H,3-6H2,1-2H3,(H,29,30)/t14-,15?,16?/m1/s1. The van der Waals surface area contributed by atoms with Gasteiger partial charge in [0.05, 0.1) is 29.9 Å². The molecule has 1 fully saturated rings. The number of fused-ring (bicyclic) bond motifs is 2. The fourth-order valence-corrected chi connectivity index (χ4v) is 5.01. The zero-order valence-corrected chi connectivity index (χ0v) is 18.1. The Bertz CT molecular complexity index is 1290. The molecule has 4 aromatic rings. The number of rotatable bonds is 4. The molecule has 1 aliphatic carbocycles. The van der Waals surface area contributed by atoms with Gasteiger partial charge in [-0.1, -0.05) is 6.92 Å². The number of hydrogen-bond acceptors (Lipinski definition) is 5. The summed E-state index contributed by atoms with van der Waals surface area (Å²) in [6.45, 7) is 2.20. The Morgan fingerprint density at radius 3 is 2.72 bits per heavy atom. The summed E-state index contributed by atoms with van der Waals surface area (Å²) in [5.41, 5.74) is 3.85. The van der Waals surface area contributed by atoms with Crippen LogP contribution in [0.25, 0.3) is 21.9 Å². The van der Waals surface area contributed by atoms with Gasteiger partial charge in [-0.3, -0.25) is 4.98 Å². The second-order valence-corrected chi connectivity index (χ2v) is 8.66. The third-order valence-electron chi connectivity index (χ3n) is 6.87. The quantitative estimate of drug-likeness (QED) is 0.430. The zero-order chi connectivity index (χ0) is 22.2. The smallest absolute Gasteiger partial charge is 0.356 e. The predicted molar refractivity (Wildman–Crippen MR) is 120 cm³/mol. The zero-order valence-electron chi connectivity index (χ0n) is 18.1. The summed E-state index contributed by atoms with van der Waals surface area (Å²) in [4.78, 5) is 28.4. The molecule has 6 nitrogen and oxygen atoms in total. The fraction of sp³-hybridized carbons (Fsp3) is 0.360. The average Bonchev–Trinajstić information content (AvgIpc) is 3.26. The highest BCUT2D eigenvalue weighted by atomic mass is 19.1. The monoisotopic (exact) mass is 432 g/mol. The van der Waals surface area contributed by atoms with Gasteiger partial charge in [0.15, 0.2) is 5.69 Å². The Labute approximate surface area is 185 Å². The molecule has 0 spiro atoms. The first kappa shape index (κ1) is 20.5. The van der Waals surface area contributed by atoms with Crippen molar-refractivity contribution in [1.29, 1.82) is 0 Å². The lowest BCUT2D eigenvalue weighted by Gasteiger charge is -2.32. The van der Waals surface area contributed by atoms with Crippen LogP contribution >= 0.6 is 0 Å². The third kappa shape index (κ3) is 3.72. The Hall–Kier alpha value is -3.35. The van der Waals surface area contributed by atoms with E-state index in [0.29, 0.717) is 11.8 Å². The first-order valence-corrected chi connectivity index (χ1v) is 11.0. The van der Waals surface area contributed by atoms with E-state index in [4.69, 9.17) is 9.72 Å². The van der Waals surface area contributed by atoms with Gasteiger partial charge < -0.3 is 9.72 Å². The van der Waals surface area contributed by atoms with E-state index in [1.807, 2.05) is 12.3 Å². The van der Waals surface area contributed by atoms with E-state index in [1.54, 1.807) is 24.4 Å². The number of hydrogen-bond donors (Lipinski definition) is 1. The second-order valence-electron chi connectivity index (χ2n) is 8.66. The van der Waals surface area contributed by atoms with Gasteiger partial charge in [-0.2, -0.15) is 0 Å². The Kier molecular flexibility index (Phi) is 5.33. The molecule has 5 rings (SSSR count). The molecule has 3 aromatic heterocycles. The summed E-state index contributed by atoms with van der Waals surface area (Å²) < 4.78 is 18.6. The number of pyridine rings is 2. The minimum atomic E-state index is -0.466. The molecular weight excluding hydrogens is 407 g/mol. The number of imidazole rings is 1. The molecule has 1 saturated carbocycles. The van der Waals surface area contributed by atoms with Gasteiger partial charge in [-0.15, -0.1) is 0 Å². The number of methoxy groups -OCH3 is 1. The third-order valence-corrected chi connectivity index (χ3v) is 6.87. The van der Waals surface area contributed by atoms with Gasteiger partial charge >= 0.3 is 5.97 Å². The lowest BCUT2D eigenvalue weighted by molar-refractivity contribution is 0.0594. The van der Waals surface area contributed by atoms with E-state index in [0.717, 1.165) is 53.4 Å². The number of nitrogens with zero attached hydrogens (tertiary/aromatic N) is 3. The van der Waals surface area contributed by atoms with Crippen LogP contribution in [-0.2, 0) is 4.74 Å². The average molecular weight is 432 g/mol. The number of halogens is 1. The maximum atomic E-state index is 13.8. The van der Waals surface area contributed by atoms with Crippen molar-refractivity contribution >= 4 is 27.9 Å². The van der Waals surface area contributed by atoms with E-state index in [2.05, 4.69) is 21.9 Å². The molecule has 7 heteroatoms. The van der Waals surface area contributed by atoms with Crippen molar-refractivity contribution in [2.24, 2.45) is 5.92 Å². The molecule has 164 valence electrons. The van der Waals surface area contributed by atoms with Crippen molar-refractivity contribution in [1.82, 2.24) is 19.9 Å². The molecule has 1 aliphatic rings. The van der Waals surface area contributed by atoms with Crippen LogP contribution in [0.3, 0.4) is 0 Å². The molecule has 1 atom stereocenters. The van der Waals surface area contributed by atoms with Crippen molar-refractivity contribution < 1.29 is 13.9 Å². The van der Waals surface area contributed by atoms with Crippen LogP contribution < -0.4 is 0 Å². The van der Waals surface area contributed by atoms with E-state index in [1.165, 1.54) is 18.7 Å². The molecule has 0 aliphatic heterocycles. The lowest BCUT2D eigenvalue weighted by Crippen LogP contribution is -2.19. The highest BCUT2D eigenvalue weighted by Crippen LogP contribution is 2.42. The van der Waals surface area contributed by atoms with Gasteiger partial charge in [0.25, 0.3) is 0 Å². The van der Waals surface area contributed by atoms with Crippen molar-refractivity contribution in [2.75, 3.05) is 7.11 Å². The van der Waals surface area contributed by atoms with Crippen LogP contribution in [0.4, 0.5) is 4.39 Å². The lowest BCUT2D eigenvalue weighted by atomic mass is 9.73. The Morgan fingerprint density at radius 1 is 1.12 bits per heavy atom. The highest BCUT2D eigenvalue weighted by molar-refractivity contribution is 5.91.